The van der Waals surface area contributed by atoms with Crippen molar-refractivity contribution < 1.29 is 18.3 Å². The molecule has 0 aliphatic rings. The summed E-state index contributed by atoms with van der Waals surface area (Å²) in [6, 6.07) is 0.805. The van der Waals surface area contributed by atoms with Gasteiger partial charge in [0, 0.05) is 5.56 Å². The summed E-state index contributed by atoms with van der Waals surface area (Å²) in [5.41, 5.74) is 5.36. The lowest BCUT2D eigenvalue weighted by molar-refractivity contribution is 0.132. The first kappa shape index (κ1) is 16.2. The molecule has 0 radical (unpaired) electrons. The van der Waals surface area contributed by atoms with Gasteiger partial charge in [-0.25, -0.2) is 13.2 Å². The Hall–Kier alpha value is -0.780. The van der Waals surface area contributed by atoms with Gasteiger partial charge in [-0.2, -0.15) is 0 Å². The van der Waals surface area contributed by atoms with Gasteiger partial charge in [-0.05, 0) is 12.5 Å². The van der Waals surface area contributed by atoms with E-state index in [0.717, 1.165) is 12.1 Å². The minimum Gasteiger partial charge on any atom is -0.391 e. The van der Waals surface area contributed by atoms with Crippen LogP contribution >= 0.6 is 12.4 Å². The summed E-state index contributed by atoms with van der Waals surface area (Å²) >= 11 is 0. The zero-order valence-corrected chi connectivity index (χ0v) is 10.1. The van der Waals surface area contributed by atoms with E-state index in [4.69, 9.17) is 5.73 Å². The zero-order valence-electron chi connectivity index (χ0n) is 9.29. The molecule has 17 heavy (non-hydrogen) atoms. The minimum absolute atomic E-state index is 0. The molecule has 6 heteroatoms. The third-order valence-electron chi connectivity index (χ3n) is 2.42. The van der Waals surface area contributed by atoms with Gasteiger partial charge in [0.05, 0.1) is 12.1 Å². The van der Waals surface area contributed by atoms with Crippen molar-refractivity contribution in [3.05, 3.63) is 35.1 Å². The summed E-state index contributed by atoms with van der Waals surface area (Å²) < 4.78 is 38.9. The second kappa shape index (κ2) is 6.83. The van der Waals surface area contributed by atoms with E-state index >= 15 is 0 Å². The van der Waals surface area contributed by atoms with Crippen LogP contribution in [0.5, 0.6) is 0 Å². The Bertz CT molecular complexity index is 376. The Morgan fingerprint density at radius 2 is 1.82 bits per heavy atom. The maximum Gasteiger partial charge on any atom is 0.194 e. The molecule has 2 nitrogen and oxygen atoms in total. The van der Waals surface area contributed by atoms with E-state index < -0.39 is 29.6 Å². The van der Waals surface area contributed by atoms with E-state index in [0.29, 0.717) is 12.8 Å². The number of benzene rings is 1. The number of halogens is 4. The second-order valence-corrected chi connectivity index (χ2v) is 3.65. The predicted octanol–water partition coefficient (Wildman–Crippen LogP) is 2.69. The first-order chi connectivity index (χ1) is 7.49. The normalized spacial score (nSPS) is 14.0. The number of hydrogen-bond acceptors (Lipinski definition) is 2. The van der Waals surface area contributed by atoms with Gasteiger partial charge in [0.1, 0.15) is 0 Å². The molecule has 0 spiro atoms. The third-order valence-corrected chi connectivity index (χ3v) is 2.42. The fourth-order valence-corrected chi connectivity index (χ4v) is 1.48. The molecular weight excluding hydrogens is 255 g/mol. The predicted molar refractivity (Wildman–Crippen MR) is 61.4 cm³/mol. The smallest absolute Gasteiger partial charge is 0.194 e. The van der Waals surface area contributed by atoms with Crippen molar-refractivity contribution in [3.8, 4) is 0 Å². The van der Waals surface area contributed by atoms with Crippen LogP contribution in [-0.2, 0) is 0 Å². The quantitative estimate of drug-likeness (QED) is 0.826. The number of hydrogen-bond donors (Lipinski definition) is 2. The molecule has 1 rings (SSSR count). The van der Waals surface area contributed by atoms with Gasteiger partial charge >= 0.3 is 0 Å². The molecule has 0 unspecified atom stereocenters. The Morgan fingerprint density at radius 1 is 1.24 bits per heavy atom. The SMILES string of the molecule is CCC[C@@H](O)[C@@H](N)c1ccc(F)c(F)c1F.Cl. The Kier molecular flexibility index (Phi) is 6.52. The molecule has 1 aromatic rings. The fourth-order valence-electron chi connectivity index (χ4n) is 1.48. The summed E-state index contributed by atoms with van der Waals surface area (Å²) in [6.45, 7) is 1.83. The lowest BCUT2D eigenvalue weighted by Crippen LogP contribution is -2.27. The topological polar surface area (TPSA) is 46.2 Å². The average Bonchev–Trinajstić information content (AvgIpc) is 2.26. The number of aliphatic hydroxyl groups excluding tert-OH is 1. The van der Waals surface area contributed by atoms with Gasteiger partial charge in [0.25, 0.3) is 0 Å². The summed E-state index contributed by atoms with van der Waals surface area (Å²) in [6.07, 6.45) is 0.0732. The van der Waals surface area contributed by atoms with Crippen molar-refractivity contribution in [1.82, 2.24) is 0 Å². The van der Waals surface area contributed by atoms with Crippen molar-refractivity contribution >= 4 is 12.4 Å². The highest BCUT2D eigenvalue weighted by atomic mass is 35.5. The maximum absolute atomic E-state index is 13.3. The molecule has 0 aromatic heterocycles. The third kappa shape index (κ3) is 3.59. The average molecular weight is 270 g/mol. The number of aliphatic hydroxyl groups is 1. The van der Waals surface area contributed by atoms with Gasteiger partial charge in [-0.1, -0.05) is 19.4 Å². The highest BCUT2D eigenvalue weighted by Gasteiger charge is 2.22. The van der Waals surface area contributed by atoms with Crippen LogP contribution in [0.25, 0.3) is 0 Å². The summed E-state index contributed by atoms with van der Waals surface area (Å²) in [5, 5.41) is 9.55. The zero-order chi connectivity index (χ0) is 12.3. The molecule has 98 valence electrons. The van der Waals surface area contributed by atoms with Gasteiger partial charge in [-0.15, -0.1) is 12.4 Å². The first-order valence-corrected chi connectivity index (χ1v) is 5.06. The first-order valence-electron chi connectivity index (χ1n) is 5.06. The lowest BCUT2D eigenvalue weighted by Gasteiger charge is -2.19. The lowest BCUT2D eigenvalue weighted by atomic mass is 9.98. The van der Waals surface area contributed by atoms with Crippen LogP contribution in [0.2, 0.25) is 0 Å². The largest absolute Gasteiger partial charge is 0.391 e. The molecule has 0 bridgehead atoms. The van der Waals surface area contributed by atoms with Crippen molar-refractivity contribution in [2.24, 2.45) is 5.73 Å². The molecule has 0 aliphatic heterocycles. The van der Waals surface area contributed by atoms with E-state index in [1.807, 2.05) is 6.92 Å². The van der Waals surface area contributed by atoms with E-state index in [1.165, 1.54) is 0 Å². The van der Waals surface area contributed by atoms with Crippen LogP contribution in [0.1, 0.15) is 31.4 Å². The molecule has 0 saturated carbocycles. The van der Waals surface area contributed by atoms with Crippen LogP contribution in [0.15, 0.2) is 12.1 Å². The second-order valence-electron chi connectivity index (χ2n) is 3.65. The van der Waals surface area contributed by atoms with E-state index in [1.54, 1.807) is 0 Å². The summed E-state index contributed by atoms with van der Waals surface area (Å²) in [5.74, 6) is -4.15. The Morgan fingerprint density at radius 3 is 2.35 bits per heavy atom. The molecule has 1 aromatic carbocycles. The van der Waals surface area contributed by atoms with Crippen molar-refractivity contribution in [3.63, 3.8) is 0 Å². The van der Waals surface area contributed by atoms with Crippen LogP contribution in [0.4, 0.5) is 13.2 Å². The monoisotopic (exact) mass is 269 g/mol. The van der Waals surface area contributed by atoms with Gasteiger partial charge < -0.3 is 10.8 Å². The van der Waals surface area contributed by atoms with Crippen LogP contribution in [0.3, 0.4) is 0 Å². The maximum atomic E-state index is 13.3. The molecule has 0 saturated heterocycles. The molecule has 0 fully saturated rings. The Balaban J connectivity index is 0.00000256. The minimum atomic E-state index is -1.56. The molecule has 3 N–H and O–H groups in total. The highest BCUT2D eigenvalue weighted by molar-refractivity contribution is 5.85. The van der Waals surface area contributed by atoms with Crippen LogP contribution < -0.4 is 5.73 Å². The fraction of sp³-hybridized carbons (Fsp3) is 0.455. The van der Waals surface area contributed by atoms with Gasteiger partial charge in [-0.3, -0.25) is 0 Å². The van der Waals surface area contributed by atoms with E-state index in [-0.39, 0.29) is 18.0 Å². The van der Waals surface area contributed by atoms with Crippen molar-refractivity contribution in [2.75, 3.05) is 0 Å². The number of nitrogens with two attached hydrogens (primary N) is 1. The summed E-state index contributed by atoms with van der Waals surface area (Å²) in [7, 11) is 0. The van der Waals surface area contributed by atoms with Crippen molar-refractivity contribution in [1.29, 1.82) is 0 Å². The van der Waals surface area contributed by atoms with Gasteiger partial charge in [0.2, 0.25) is 0 Å². The van der Waals surface area contributed by atoms with Gasteiger partial charge in [0.15, 0.2) is 17.5 Å². The number of rotatable bonds is 4. The molecule has 2 atom stereocenters. The standard InChI is InChI=1S/C11H14F3NO.ClH/c1-2-3-8(16)11(15)6-4-5-7(12)10(14)9(6)13;/h4-5,8,11,16H,2-3,15H2,1H3;1H/t8-,11+;/m1./s1. The molecule has 0 heterocycles. The van der Waals surface area contributed by atoms with Crippen molar-refractivity contribution in [2.45, 2.75) is 31.9 Å². The molecule has 0 aliphatic carbocycles. The van der Waals surface area contributed by atoms with Crippen LogP contribution in [0, 0.1) is 17.5 Å². The molecular formula is C11H15ClF3NO. The Labute approximate surface area is 104 Å². The highest BCUT2D eigenvalue weighted by Crippen LogP contribution is 2.23. The summed E-state index contributed by atoms with van der Waals surface area (Å²) in [4.78, 5) is 0. The molecule has 0 amide bonds. The van der Waals surface area contributed by atoms with E-state index in [9.17, 15) is 18.3 Å². The van der Waals surface area contributed by atoms with Crippen LogP contribution in [-0.4, -0.2) is 11.2 Å². The van der Waals surface area contributed by atoms with E-state index in [2.05, 4.69) is 0 Å².